The monoisotopic (exact) mass is 370 g/mol. The zero-order valence-corrected chi connectivity index (χ0v) is 14.8. The molecule has 0 aliphatic carbocycles. The standard InChI is InChI=1S/C16H17N7O2S/c1-11(26(24)25)22-8-16(9-22,3-4-17)23-7-12(6-21-23)14-13-2-5-18-15(13)20-10-19-14/h2,5-7,10-11H,3,8-9H2,1H3,(H,24,25)(H,18,19,20)/p-1. The second-order valence-electron chi connectivity index (χ2n) is 6.46. The van der Waals surface area contributed by atoms with Crippen molar-refractivity contribution in [3.8, 4) is 17.3 Å². The fraction of sp³-hybridized carbons (Fsp3) is 0.375. The second-order valence-corrected chi connectivity index (χ2v) is 7.66. The van der Waals surface area contributed by atoms with Gasteiger partial charge in [-0.25, -0.2) is 9.97 Å². The molecule has 0 bridgehead atoms. The average molecular weight is 370 g/mol. The van der Waals surface area contributed by atoms with E-state index in [4.69, 9.17) is 0 Å². The Balaban J connectivity index is 1.65. The second kappa shape index (κ2) is 6.28. The molecule has 4 heterocycles. The van der Waals surface area contributed by atoms with Gasteiger partial charge in [0.2, 0.25) is 0 Å². The van der Waals surface area contributed by atoms with Gasteiger partial charge in [0.05, 0.1) is 29.8 Å². The average Bonchev–Trinajstić information content (AvgIpc) is 3.25. The molecule has 0 saturated carbocycles. The van der Waals surface area contributed by atoms with Crippen LogP contribution in [-0.4, -0.2) is 56.9 Å². The molecule has 26 heavy (non-hydrogen) atoms. The first-order valence-electron chi connectivity index (χ1n) is 8.07. The Morgan fingerprint density at radius 1 is 1.50 bits per heavy atom. The lowest BCUT2D eigenvalue weighted by Gasteiger charge is -2.51. The largest absolute Gasteiger partial charge is 0.771 e. The molecule has 134 valence electrons. The molecular weight excluding hydrogens is 354 g/mol. The Morgan fingerprint density at radius 2 is 2.31 bits per heavy atom. The normalized spacial score (nSPS) is 19.0. The van der Waals surface area contributed by atoms with Crippen molar-refractivity contribution >= 4 is 22.1 Å². The molecule has 0 radical (unpaired) electrons. The number of likely N-dealkylation sites (tertiary alicyclic amines) is 1. The Bertz CT molecular complexity index is 1010. The van der Waals surface area contributed by atoms with Crippen LogP contribution < -0.4 is 0 Å². The summed E-state index contributed by atoms with van der Waals surface area (Å²) in [6, 6.07) is 4.11. The number of rotatable bonds is 5. The number of nitriles is 1. The molecule has 1 fully saturated rings. The third-order valence-electron chi connectivity index (χ3n) is 4.89. The Labute approximate surface area is 152 Å². The van der Waals surface area contributed by atoms with Gasteiger partial charge in [-0.05, 0) is 24.1 Å². The van der Waals surface area contributed by atoms with Gasteiger partial charge in [-0.1, -0.05) is 0 Å². The van der Waals surface area contributed by atoms with Gasteiger partial charge >= 0.3 is 0 Å². The first-order chi connectivity index (χ1) is 12.5. The molecule has 0 amide bonds. The minimum Gasteiger partial charge on any atom is -0.771 e. The predicted octanol–water partition coefficient (Wildman–Crippen LogP) is 0.971. The minimum absolute atomic E-state index is 0.256. The van der Waals surface area contributed by atoms with Gasteiger partial charge in [0.25, 0.3) is 0 Å². The summed E-state index contributed by atoms with van der Waals surface area (Å²) in [6.07, 6.45) is 7.13. The highest BCUT2D eigenvalue weighted by molar-refractivity contribution is 7.79. The van der Waals surface area contributed by atoms with Gasteiger partial charge in [-0.15, -0.1) is 0 Å². The molecule has 10 heteroatoms. The van der Waals surface area contributed by atoms with Crippen molar-refractivity contribution in [2.24, 2.45) is 0 Å². The van der Waals surface area contributed by atoms with Crippen LogP contribution in [0, 0.1) is 11.3 Å². The topological polar surface area (TPSA) is 127 Å². The van der Waals surface area contributed by atoms with Crippen molar-refractivity contribution in [3.05, 3.63) is 31.0 Å². The van der Waals surface area contributed by atoms with Crippen LogP contribution in [0.15, 0.2) is 31.0 Å². The molecule has 0 aromatic carbocycles. The summed E-state index contributed by atoms with van der Waals surface area (Å²) in [5.41, 5.74) is 1.81. The van der Waals surface area contributed by atoms with Crippen molar-refractivity contribution in [1.82, 2.24) is 29.6 Å². The lowest BCUT2D eigenvalue weighted by Crippen LogP contribution is -2.65. The van der Waals surface area contributed by atoms with E-state index in [1.54, 1.807) is 24.0 Å². The van der Waals surface area contributed by atoms with E-state index in [2.05, 4.69) is 26.1 Å². The summed E-state index contributed by atoms with van der Waals surface area (Å²) in [7, 11) is 0. The van der Waals surface area contributed by atoms with Gasteiger partial charge < -0.3 is 9.54 Å². The van der Waals surface area contributed by atoms with E-state index in [-0.39, 0.29) is 6.42 Å². The van der Waals surface area contributed by atoms with Gasteiger partial charge in [-0.3, -0.25) is 13.8 Å². The molecular formula is C16H16N7O2S-. The molecule has 2 atom stereocenters. The van der Waals surface area contributed by atoms with Crippen molar-refractivity contribution in [2.75, 3.05) is 13.1 Å². The summed E-state index contributed by atoms with van der Waals surface area (Å²) in [6.45, 7) is 2.55. The number of aromatic nitrogens is 5. The molecule has 3 aromatic rings. The fourth-order valence-corrected chi connectivity index (χ4v) is 3.77. The summed E-state index contributed by atoms with van der Waals surface area (Å²) in [5, 5.41) is 14.0. The maximum Gasteiger partial charge on any atom is 0.141 e. The summed E-state index contributed by atoms with van der Waals surface area (Å²) in [4.78, 5) is 13.4. The molecule has 1 saturated heterocycles. The number of hydrogen-bond donors (Lipinski definition) is 1. The van der Waals surface area contributed by atoms with Crippen LogP contribution >= 0.6 is 0 Å². The summed E-state index contributed by atoms with van der Waals surface area (Å²) in [5.74, 6) is 0. The fourth-order valence-electron chi connectivity index (χ4n) is 3.38. The van der Waals surface area contributed by atoms with Crippen molar-refractivity contribution < 1.29 is 8.76 Å². The van der Waals surface area contributed by atoms with E-state index >= 15 is 0 Å². The molecule has 2 unspecified atom stereocenters. The van der Waals surface area contributed by atoms with Crippen LogP contribution in [0.3, 0.4) is 0 Å². The maximum atomic E-state index is 11.2. The summed E-state index contributed by atoms with van der Waals surface area (Å²) < 4.78 is 24.1. The summed E-state index contributed by atoms with van der Waals surface area (Å²) >= 11 is -2.18. The molecule has 9 nitrogen and oxygen atoms in total. The number of nitrogens with zero attached hydrogens (tertiary/aromatic N) is 6. The van der Waals surface area contributed by atoms with Gasteiger partial charge in [-0.2, -0.15) is 10.4 Å². The SMILES string of the molecule is CC(N1CC(CC#N)(n2cc(-c3ncnc4[nH]ccc34)cn2)C1)S(=O)[O-]. The number of nitrogens with one attached hydrogen (secondary N) is 1. The van der Waals surface area contributed by atoms with Crippen LogP contribution in [0.25, 0.3) is 22.3 Å². The van der Waals surface area contributed by atoms with E-state index in [0.717, 1.165) is 22.3 Å². The lowest BCUT2D eigenvalue weighted by atomic mass is 9.87. The number of H-pyrrole nitrogens is 1. The highest BCUT2D eigenvalue weighted by Crippen LogP contribution is 2.35. The van der Waals surface area contributed by atoms with Crippen LogP contribution in [0.5, 0.6) is 0 Å². The molecule has 4 rings (SSSR count). The van der Waals surface area contributed by atoms with Gasteiger partial charge in [0, 0.05) is 36.4 Å². The van der Waals surface area contributed by atoms with Crippen molar-refractivity contribution in [1.29, 1.82) is 5.26 Å². The maximum absolute atomic E-state index is 11.2. The van der Waals surface area contributed by atoms with E-state index in [0.29, 0.717) is 13.1 Å². The van der Waals surface area contributed by atoms with Crippen molar-refractivity contribution in [2.45, 2.75) is 24.3 Å². The number of aromatic amines is 1. The zero-order chi connectivity index (χ0) is 18.3. The predicted molar refractivity (Wildman–Crippen MR) is 93.3 cm³/mol. The van der Waals surface area contributed by atoms with E-state index in [9.17, 15) is 14.0 Å². The van der Waals surface area contributed by atoms with E-state index in [1.807, 2.05) is 17.2 Å². The lowest BCUT2D eigenvalue weighted by molar-refractivity contribution is -0.00182. The van der Waals surface area contributed by atoms with Crippen LogP contribution in [0.4, 0.5) is 0 Å². The Hall–Kier alpha value is -2.61. The Morgan fingerprint density at radius 3 is 3.04 bits per heavy atom. The molecule has 1 N–H and O–H groups in total. The third-order valence-corrected chi connectivity index (χ3v) is 5.75. The molecule has 3 aromatic heterocycles. The third kappa shape index (κ3) is 2.61. The number of fused-ring (bicyclic) bond motifs is 1. The van der Waals surface area contributed by atoms with E-state index < -0.39 is 22.0 Å². The first-order valence-corrected chi connectivity index (χ1v) is 9.20. The smallest absolute Gasteiger partial charge is 0.141 e. The highest BCUT2D eigenvalue weighted by Gasteiger charge is 2.47. The highest BCUT2D eigenvalue weighted by atomic mass is 32.2. The Kier molecular flexibility index (Phi) is 4.07. The zero-order valence-electron chi connectivity index (χ0n) is 14.0. The van der Waals surface area contributed by atoms with Gasteiger partial charge in [0.1, 0.15) is 17.5 Å². The van der Waals surface area contributed by atoms with Crippen LogP contribution in [-0.2, 0) is 16.6 Å². The van der Waals surface area contributed by atoms with Crippen LogP contribution in [0.1, 0.15) is 13.3 Å². The minimum atomic E-state index is -2.18. The molecule has 1 aliphatic heterocycles. The van der Waals surface area contributed by atoms with Crippen molar-refractivity contribution in [3.63, 3.8) is 0 Å². The quantitative estimate of drug-likeness (QED) is 0.663. The first kappa shape index (κ1) is 16.8. The molecule has 1 aliphatic rings. The number of hydrogen-bond acceptors (Lipinski definition) is 7. The molecule has 0 spiro atoms. The van der Waals surface area contributed by atoms with Gasteiger partial charge in [0.15, 0.2) is 0 Å². The van der Waals surface area contributed by atoms with E-state index in [1.165, 1.54) is 6.33 Å². The van der Waals surface area contributed by atoms with Crippen LogP contribution in [0.2, 0.25) is 0 Å².